The first-order valence-corrected chi connectivity index (χ1v) is 11.0. The number of carbonyl (C=O) groups excluding carboxylic acids is 2. The van der Waals surface area contributed by atoms with Crippen LogP contribution in [0.25, 0.3) is 10.6 Å². The number of rotatable bonds is 5. The fourth-order valence-corrected chi connectivity index (χ4v) is 4.08. The smallest absolute Gasteiger partial charge is 0.325 e. The van der Waals surface area contributed by atoms with Crippen LogP contribution in [0, 0.1) is 0 Å². The average Bonchev–Trinajstić information content (AvgIpc) is 3.25. The molecule has 3 aromatic carbocycles. The summed E-state index contributed by atoms with van der Waals surface area (Å²) < 4.78 is 0. The van der Waals surface area contributed by atoms with Gasteiger partial charge >= 0.3 is 6.03 Å². The second kappa shape index (κ2) is 9.86. The van der Waals surface area contributed by atoms with Gasteiger partial charge in [0.1, 0.15) is 5.75 Å². The van der Waals surface area contributed by atoms with Gasteiger partial charge in [-0.25, -0.2) is 4.79 Å². The lowest BCUT2D eigenvalue weighted by atomic mass is 10.2. The van der Waals surface area contributed by atoms with Crippen molar-refractivity contribution in [3.63, 3.8) is 0 Å². The van der Waals surface area contributed by atoms with E-state index in [1.807, 2.05) is 18.2 Å². The van der Waals surface area contributed by atoms with E-state index >= 15 is 0 Å². The molecule has 0 aliphatic rings. The first-order valence-electron chi connectivity index (χ1n) is 9.45. The van der Waals surface area contributed by atoms with Gasteiger partial charge in [0, 0.05) is 22.0 Å². The van der Waals surface area contributed by atoms with Crippen molar-refractivity contribution >= 4 is 63.0 Å². The van der Waals surface area contributed by atoms with Crippen LogP contribution >= 0.6 is 34.5 Å². The number of phenolic OH excluding ortho intramolecular Hbond substituents is 1. The molecule has 0 saturated carbocycles. The van der Waals surface area contributed by atoms with E-state index in [-0.39, 0.29) is 21.8 Å². The van der Waals surface area contributed by atoms with Gasteiger partial charge in [-0.1, -0.05) is 58.8 Å². The molecule has 1 aromatic heterocycles. The Bertz CT molecular complexity index is 1330. The Labute approximate surface area is 202 Å². The quantitative estimate of drug-likeness (QED) is 0.264. The highest BCUT2D eigenvalue weighted by Crippen LogP contribution is 2.39. The molecule has 0 radical (unpaired) electrons. The molecule has 0 bridgehead atoms. The Hall–Kier alpha value is -3.66. The highest BCUT2D eigenvalue weighted by Gasteiger charge is 2.16. The minimum absolute atomic E-state index is 0.0798. The third kappa shape index (κ3) is 5.58. The van der Waals surface area contributed by atoms with Crippen LogP contribution in [0.15, 0.2) is 66.7 Å². The Kier molecular flexibility index (Phi) is 6.74. The summed E-state index contributed by atoms with van der Waals surface area (Å²) >= 11 is 13.0. The zero-order valence-corrected chi connectivity index (χ0v) is 19.0. The van der Waals surface area contributed by atoms with Gasteiger partial charge in [-0.05, 0) is 42.5 Å². The van der Waals surface area contributed by atoms with Crippen molar-refractivity contribution in [1.29, 1.82) is 0 Å². The Morgan fingerprint density at radius 1 is 0.848 bits per heavy atom. The SMILES string of the molecule is O=C(Nc1cccc(C(=O)Nc2ccccc2)c1)Nc1nnc(-c2cc(Cl)cc(Cl)c2O)s1. The number of aromatic hydroxyl groups is 1. The molecule has 4 aromatic rings. The van der Waals surface area contributed by atoms with E-state index in [1.165, 1.54) is 12.1 Å². The first-order chi connectivity index (χ1) is 15.9. The van der Waals surface area contributed by atoms with Crippen LogP contribution in [-0.2, 0) is 0 Å². The summed E-state index contributed by atoms with van der Waals surface area (Å²) in [6.45, 7) is 0. The Morgan fingerprint density at radius 2 is 1.61 bits per heavy atom. The minimum atomic E-state index is -0.577. The molecule has 0 fully saturated rings. The third-order valence-electron chi connectivity index (χ3n) is 4.32. The molecule has 8 nitrogen and oxygen atoms in total. The number of urea groups is 1. The second-order valence-electron chi connectivity index (χ2n) is 6.68. The van der Waals surface area contributed by atoms with Gasteiger partial charge in [0.15, 0.2) is 5.01 Å². The topological polar surface area (TPSA) is 116 Å². The Balaban J connectivity index is 1.42. The van der Waals surface area contributed by atoms with Crippen molar-refractivity contribution in [2.24, 2.45) is 0 Å². The van der Waals surface area contributed by atoms with Crippen molar-refractivity contribution in [2.75, 3.05) is 16.0 Å². The van der Waals surface area contributed by atoms with Crippen molar-refractivity contribution in [3.05, 3.63) is 82.3 Å². The number of amides is 3. The van der Waals surface area contributed by atoms with Gasteiger partial charge in [0.25, 0.3) is 5.91 Å². The number of aromatic nitrogens is 2. The van der Waals surface area contributed by atoms with Crippen LogP contribution in [0.1, 0.15) is 10.4 Å². The maximum absolute atomic E-state index is 12.5. The molecule has 33 heavy (non-hydrogen) atoms. The zero-order chi connectivity index (χ0) is 23.4. The number of carbonyl (C=O) groups is 2. The molecule has 0 saturated heterocycles. The van der Waals surface area contributed by atoms with Crippen molar-refractivity contribution < 1.29 is 14.7 Å². The van der Waals surface area contributed by atoms with Gasteiger partial charge in [-0.15, -0.1) is 10.2 Å². The van der Waals surface area contributed by atoms with Crippen LogP contribution in [-0.4, -0.2) is 27.2 Å². The molecule has 0 aliphatic heterocycles. The van der Waals surface area contributed by atoms with E-state index in [1.54, 1.807) is 36.4 Å². The van der Waals surface area contributed by atoms with Gasteiger partial charge in [0.05, 0.1) is 10.6 Å². The van der Waals surface area contributed by atoms with Crippen molar-refractivity contribution in [1.82, 2.24) is 10.2 Å². The lowest BCUT2D eigenvalue weighted by Gasteiger charge is -2.08. The maximum atomic E-state index is 12.5. The zero-order valence-electron chi connectivity index (χ0n) is 16.7. The molecule has 4 rings (SSSR count). The van der Waals surface area contributed by atoms with E-state index in [9.17, 15) is 14.7 Å². The third-order valence-corrected chi connectivity index (χ3v) is 5.70. The fraction of sp³-hybridized carbons (Fsp3) is 0. The molecule has 0 aliphatic carbocycles. The van der Waals surface area contributed by atoms with Crippen LogP contribution in [0.2, 0.25) is 10.0 Å². The molecular weight excluding hydrogens is 485 g/mol. The standard InChI is InChI=1S/C22H15Cl2N5O3S/c23-13-10-16(18(30)17(24)11-13)20-28-29-22(33-20)27-21(32)26-15-8-4-5-12(9-15)19(31)25-14-6-2-1-3-7-14/h1-11,30H,(H,25,31)(H2,26,27,29,32). The number of hydrogen-bond acceptors (Lipinski definition) is 6. The number of nitrogens with one attached hydrogen (secondary N) is 3. The molecule has 0 atom stereocenters. The molecule has 0 spiro atoms. The van der Waals surface area contributed by atoms with Crippen molar-refractivity contribution in [3.8, 4) is 16.3 Å². The summed E-state index contributed by atoms with van der Waals surface area (Å²) in [5, 5.41) is 26.9. The maximum Gasteiger partial charge on any atom is 0.325 e. The van der Waals surface area contributed by atoms with Gasteiger partial charge in [0.2, 0.25) is 5.13 Å². The van der Waals surface area contributed by atoms with Crippen LogP contribution < -0.4 is 16.0 Å². The summed E-state index contributed by atoms with van der Waals surface area (Å²) in [5.41, 5.74) is 1.76. The normalized spacial score (nSPS) is 10.5. The number of halogens is 2. The minimum Gasteiger partial charge on any atom is -0.506 e. The predicted molar refractivity (Wildman–Crippen MR) is 131 cm³/mol. The average molecular weight is 500 g/mol. The monoisotopic (exact) mass is 499 g/mol. The molecule has 11 heteroatoms. The summed E-state index contributed by atoms with van der Waals surface area (Å²) in [6.07, 6.45) is 0. The number of hydrogen-bond donors (Lipinski definition) is 4. The largest absolute Gasteiger partial charge is 0.506 e. The van der Waals surface area contributed by atoms with Crippen LogP contribution in [0.3, 0.4) is 0 Å². The summed E-state index contributed by atoms with van der Waals surface area (Å²) in [7, 11) is 0. The number of nitrogens with zero attached hydrogens (tertiary/aromatic N) is 2. The lowest BCUT2D eigenvalue weighted by Crippen LogP contribution is -2.20. The second-order valence-corrected chi connectivity index (χ2v) is 8.50. The summed E-state index contributed by atoms with van der Waals surface area (Å²) in [6, 6.07) is 17.9. The number of para-hydroxylation sites is 1. The van der Waals surface area contributed by atoms with E-state index in [0.717, 1.165) is 11.3 Å². The van der Waals surface area contributed by atoms with E-state index < -0.39 is 6.03 Å². The highest BCUT2D eigenvalue weighted by atomic mass is 35.5. The Morgan fingerprint density at radius 3 is 2.39 bits per heavy atom. The molecule has 0 unspecified atom stereocenters. The van der Waals surface area contributed by atoms with Gasteiger partial charge in [-0.3, -0.25) is 10.1 Å². The summed E-state index contributed by atoms with van der Waals surface area (Å²) in [5.74, 6) is -0.488. The van der Waals surface area contributed by atoms with E-state index in [0.29, 0.717) is 32.5 Å². The van der Waals surface area contributed by atoms with Crippen LogP contribution in [0.4, 0.5) is 21.3 Å². The molecule has 3 amide bonds. The van der Waals surface area contributed by atoms with E-state index in [2.05, 4.69) is 26.1 Å². The van der Waals surface area contributed by atoms with Crippen LogP contribution in [0.5, 0.6) is 5.75 Å². The molecule has 1 heterocycles. The van der Waals surface area contributed by atoms with E-state index in [4.69, 9.17) is 23.2 Å². The number of benzene rings is 3. The molecule has 4 N–H and O–H groups in total. The lowest BCUT2D eigenvalue weighted by molar-refractivity contribution is 0.102. The number of phenols is 1. The molecule has 166 valence electrons. The highest BCUT2D eigenvalue weighted by molar-refractivity contribution is 7.18. The fourth-order valence-electron chi connectivity index (χ4n) is 2.83. The number of anilines is 3. The summed E-state index contributed by atoms with van der Waals surface area (Å²) in [4.78, 5) is 24.9. The predicted octanol–water partition coefficient (Wildman–Crippen LogP) is 6.11. The first kappa shape index (κ1) is 22.5. The van der Waals surface area contributed by atoms with Gasteiger partial charge in [-0.2, -0.15) is 0 Å². The molecular formula is C22H15Cl2N5O3S. The van der Waals surface area contributed by atoms with Crippen molar-refractivity contribution in [2.45, 2.75) is 0 Å². The van der Waals surface area contributed by atoms with Gasteiger partial charge < -0.3 is 15.7 Å².